The number of nitrogens with zero attached hydrogens (tertiary/aromatic N) is 3. The van der Waals surface area contributed by atoms with Gasteiger partial charge in [-0.05, 0) is 86.1 Å². The van der Waals surface area contributed by atoms with E-state index in [1.807, 2.05) is 42.1 Å². The zero-order valence-electron chi connectivity index (χ0n) is 28.8. The molecule has 5 heteroatoms. The fourth-order valence-corrected chi connectivity index (χ4v) is 9.52. The summed E-state index contributed by atoms with van der Waals surface area (Å²) >= 11 is 1.98. The Hall–Kier alpha value is -6.30. The van der Waals surface area contributed by atoms with Gasteiger partial charge in [0.05, 0.1) is 0 Å². The molecule has 0 N–H and O–H groups in total. The third kappa shape index (κ3) is 4.96. The van der Waals surface area contributed by atoms with Gasteiger partial charge in [-0.3, -0.25) is 0 Å². The molecule has 3 heterocycles. The number of fused-ring (bicyclic) bond motifs is 9. The smallest absolute Gasteiger partial charge is 0.164 e. The molecule has 0 fully saturated rings. The van der Waals surface area contributed by atoms with Gasteiger partial charge in [0.1, 0.15) is 11.2 Å². The summed E-state index contributed by atoms with van der Waals surface area (Å²) < 4.78 is 6.50. The Balaban J connectivity index is 1.08. The molecule has 9 aromatic rings. The van der Waals surface area contributed by atoms with Crippen molar-refractivity contribution in [2.75, 3.05) is 0 Å². The molecular weight excluding hydrogens is 667 g/mol. The second-order valence-electron chi connectivity index (χ2n) is 14.0. The van der Waals surface area contributed by atoms with Crippen molar-refractivity contribution >= 4 is 66.4 Å². The summed E-state index contributed by atoms with van der Waals surface area (Å²) in [6.45, 7) is 2.33. The first-order valence-electron chi connectivity index (χ1n) is 18.0. The summed E-state index contributed by atoms with van der Waals surface area (Å²) in [6.07, 6.45) is 4.82. The Morgan fingerprint density at radius 2 is 1.26 bits per heavy atom. The molecule has 0 spiro atoms. The van der Waals surface area contributed by atoms with Crippen molar-refractivity contribution < 1.29 is 4.42 Å². The van der Waals surface area contributed by atoms with Crippen LogP contribution in [0.25, 0.3) is 88.8 Å². The number of allylic oxidation sites excluding steroid dienone is 3. The van der Waals surface area contributed by atoms with Gasteiger partial charge in [0.25, 0.3) is 0 Å². The molecule has 2 unspecified atom stereocenters. The normalized spacial score (nSPS) is 16.5. The van der Waals surface area contributed by atoms with Gasteiger partial charge in [-0.25, -0.2) is 15.0 Å². The van der Waals surface area contributed by atoms with Gasteiger partial charge in [-0.15, -0.1) is 11.8 Å². The van der Waals surface area contributed by atoms with Crippen LogP contribution < -0.4 is 0 Å². The molecule has 1 aliphatic carbocycles. The molecule has 0 amide bonds. The molecule has 0 radical (unpaired) electrons. The average Bonchev–Trinajstić information content (AvgIpc) is 3.79. The minimum Gasteiger partial charge on any atom is -0.456 e. The highest BCUT2D eigenvalue weighted by Gasteiger charge is 2.33. The number of aromatic nitrogens is 3. The zero-order chi connectivity index (χ0) is 35.0. The molecule has 0 saturated heterocycles. The van der Waals surface area contributed by atoms with E-state index in [2.05, 4.69) is 134 Å². The van der Waals surface area contributed by atoms with E-state index in [4.69, 9.17) is 19.4 Å². The maximum atomic E-state index is 6.50. The molecule has 0 bridgehead atoms. The molecule has 0 saturated carbocycles. The van der Waals surface area contributed by atoms with Crippen LogP contribution in [0.5, 0.6) is 0 Å². The molecule has 2 aliphatic rings. The van der Waals surface area contributed by atoms with Crippen molar-refractivity contribution in [3.05, 3.63) is 169 Å². The van der Waals surface area contributed by atoms with Crippen LogP contribution in [0.15, 0.2) is 167 Å². The van der Waals surface area contributed by atoms with Crippen molar-refractivity contribution in [1.82, 2.24) is 15.0 Å². The minimum atomic E-state index is 0.406. The number of hydrogen-bond donors (Lipinski definition) is 0. The average molecular weight is 698 g/mol. The summed E-state index contributed by atoms with van der Waals surface area (Å²) in [5, 5.41) is 7.30. The van der Waals surface area contributed by atoms with E-state index in [0.29, 0.717) is 28.6 Å². The predicted octanol–water partition coefficient (Wildman–Crippen LogP) is 12.7. The summed E-state index contributed by atoms with van der Waals surface area (Å²) in [4.78, 5) is 16.8. The first-order chi connectivity index (χ1) is 26.1. The Bertz CT molecular complexity index is 3010. The molecule has 53 heavy (non-hydrogen) atoms. The van der Waals surface area contributed by atoms with Crippen LogP contribution in [0.2, 0.25) is 0 Å². The lowest BCUT2D eigenvalue weighted by Crippen LogP contribution is -2.14. The lowest BCUT2D eigenvalue weighted by Gasteiger charge is -2.23. The van der Waals surface area contributed by atoms with Gasteiger partial charge in [-0.2, -0.15) is 0 Å². The summed E-state index contributed by atoms with van der Waals surface area (Å²) in [5.74, 6) is 2.28. The van der Waals surface area contributed by atoms with Gasteiger partial charge in [-0.1, -0.05) is 128 Å². The van der Waals surface area contributed by atoms with Crippen LogP contribution in [0.4, 0.5) is 0 Å². The van der Waals surface area contributed by atoms with E-state index in [1.54, 1.807) is 0 Å². The van der Waals surface area contributed by atoms with Crippen LogP contribution in [0, 0.1) is 5.92 Å². The fraction of sp³-hybridized carbons (Fsp3) is 0.0625. The standard InChI is InChI=1S/C48H31N3OS/c1-28-24-34(27-39-37-14-7-8-17-43(37)53-45(28)39)31-21-23-41-40(26-31)44-38(15-9-16-42(44)52-41)48-50-46(30-11-3-2-4-12-30)49-47(51-48)33-20-22-36-32(25-33)19-18-29-10-5-6-13-35(29)36/h2-28,45H,1H3. The lowest BCUT2D eigenvalue weighted by atomic mass is 9.85. The van der Waals surface area contributed by atoms with E-state index in [-0.39, 0.29) is 0 Å². The highest BCUT2D eigenvalue weighted by Crippen LogP contribution is 2.51. The van der Waals surface area contributed by atoms with E-state index >= 15 is 0 Å². The highest BCUT2D eigenvalue weighted by atomic mass is 32.2. The summed E-state index contributed by atoms with van der Waals surface area (Å²) in [7, 11) is 0. The van der Waals surface area contributed by atoms with Gasteiger partial charge in [0.2, 0.25) is 0 Å². The van der Waals surface area contributed by atoms with Crippen LogP contribution in [0.3, 0.4) is 0 Å². The predicted molar refractivity (Wildman–Crippen MR) is 220 cm³/mol. The zero-order valence-corrected chi connectivity index (χ0v) is 29.6. The van der Waals surface area contributed by atoms with Gasteiger partial charge in [0, 0.05) is 37.6 Å². The second kappa shape index (κ2) is 11.9. The van der Waals surface area contributed by atoms with Gasteiger partial charge >= 0.3 is 0 Å². The Morgan fingerprint density at radius 1 is 0.528 bits per heavy atom. The summed E-state index contributed by atoms with van der Waals surface area (Å²) in [5.41, 5.74) is 9.63. The molecule has 2 aromatic heterocycles. The van der Waals surface area contributed by atoms with E-state index < -0.39 is 0 Å². The maximum Gasteiger partial charge on any atom is 0.164 e. The quantitative estimate of drug-likeness (QED) is 0.171. The topological polar surface area (TPSA) is 51.8 Å². The molecule has 11 rings (SSSR count). The molecular formula is C48H31N3OS. The SMILES string of the molecule is CC1C=C(c2ccc3oc4cccc(-c5nc(-c6ccccc6)nc(-c6ccc7c(ccc8ccccc87)c6)n5)c4c3c2)C=C2c3ccccc3SC21. The fourth-order valence-electron chi connectivity index (χ4n) is 8.16. The van der Waals surface area contributed by atoms with Crippen molar-refractivity contribution in [2.24, 2.45) is 5.92 Å². The maximum absolute atomic E-state index is 6.50. The van der Waals surface area contributed by atoms with E-state index in [1.165, 1.54) is 43.3 Å². The largest absolute Gasteiger partial charge is 0.456 e. The molecule has 2 atom stereocenters. The first kappa shape index (κ1) is 30.3. The van der Waals surface area contributed by atoms with Crippen LogP contribution in [-0.2, 0) is 0 Å². The van der Waals surface area contributed by atoms with Crippen LogP contribution in [-0.4, -0.2) is 20.2 Å². The first-order valence-corrected chi connectivity index (χ1v) is 18.9. The second-order valence-corrected chi connectivity index (χ2v) is 15.2. The van der Waals surface area contributed by atoms with Crippen LogP contribution >= 0.6 is 11.8 Å². The summed E-state index contributed by atoms with van der Waals surface area (Å²) in [6, 6.07) is 51.1. The highest BCUT2D eigenvalue weighted by molar-refractivity contribution is 8.00. The Labute approximate surface area is 310 Å². The lowest BCUT2D eigenvalue weighted by molar-refractivity contribution is 0.669. The number of hydrogen-bond acceptors (Lipinski definition) is 5. The monoisotopic (exact) mass is 697 g/mol. The van der Waals surface area contributed by atoms with Crippen molar-refractivity contribution in [2.45, 2.75) is 17.1 Å². The minimum absolute atomic E-state index is 0.406. The Morgan fingerprint density at radius 3 is 2.19 bits per heavy atom. The van der Waals surface area contributed by atoms with Crippen molar-refractivity contribution in [1.29, 1.82) is 0 Å². The van der Waals surface area contributed by atoms with Gasteiger partial charge < -0.3 is 4.42 Å². The van der Waals surface area contributed by atoms with E-state index in [0.717, 1.165) is 44.0 Å². The Kier molecular flexibility index (Phi) is 6.80. The van der Waals surface area contributed by atoms with E-state index in [9.17, 15) is 0 Å². The molecule has 250 valence electrons. The van der Waals surface area contributed by atoms with Crippen molar-refractivity contribution in [3.8, 4) is 34.2 Å². The molecule has 4 nitrogen and oxygen atoms in total. The molecule has 1 aliphatic heterocycles. The number of thioether (sulfide) groups is 1. The number of benzene rings is 7. The third-order valence-electron chi connectivity index (χ3n) is 10.7. The molecule has 7 aromatic carbocycles. The number of furan rings is 1. The van der Waals surface area contributed by atoms with Crippen LogP contribution in [0.1, 0.15) is 18.1 Å². The van der Waals surface area contributed by atoms with Gasteiger partial charge in [0.15, 0.2) is 17.5 Å². The third-order valence-corrected chi connectivity index (χ3v) is 12.3. The number of rotatable bonds is 4. The van der Waals surface area contributed by atoms with Crippen molar-refractivity contribution in [3.63, 3.8) is 0 Å².